The molecule has 0 aromatic heterocycles. The normalized spacial score (nSPS) is 23.2. The Morgan fingerprint density at radius 1 is 1.47 bits per heavy atom. The molecule has 1 unspecified atom stereocenters. The minimum Gasteiger partial charge on any atom is -0.358 e. The van der Waals surface area contributed by atoms with Crippen molar-refractivity contribution in [2.75, 3.05) is 4.90 Å². The van der Waals surface area contributed by atoms with Crippen LogP contribution in [0.1, 0.15) is 35.7 Å². The van der Waals surface area contributed by atoms with E-state index < -0.39 is 0 Å². The number of benzene rings is 1. The highest BCUT2D eigenvalue weighted by atomic mass is 79.9. The number of halogens is 2. The average Bonchev–Trinajstić information content (AvgIpc) is 3.06. The molecular formula is C13H13BrFNO. The van der Waals surface area contributed by atoms with Crippen LogP contribution >= 0.6 is 15.9 Å². The van der Waals surface area contributed by atoms with Crippen LogP contribution in [0.4, 0.5) is 10.1 Å². The highest BCUT2D eigenvalue weighted by molar-refractivity contribution is 9.10. The molecule has 2 aliphatic rings. The topological polar surface area (TPSA) is 20.3 Å². The lowest BCUT2D eigenvalue weighted by Gasteiger charge is -2.23. The summed E-state index contributed by atoms with van der Waals surface area (Å²) in [6, 6.07) is 2.06. The van der Waals surface area contributed by atoms with Gasteiger partial charge in [0.05, 0.1) is 16.2 Å². The third-order valence-electron chi connectivity index (χ3n) is 3.70. The maximum atomic E-state index is 13.8. The predicted molar refractivity (Wildman–Crippen MR) is 68.1 cm³/mol. The molecule has 1 aromatic rings. The molecule has 4 heteroatoms. The molecule has 0 radical (unpaired) electrons. The van der Waals surface area contributed by atoms with Crippen molar-refractivity contribution in [3.63, 3.8) is 0 Å². The van der Waals surface area contributed by atoms with Crippen LogP contribution in [0.2, 0.25) is 0 Å². The van der Waals surface area contributed by atoms with E-state index in [1.54, 1.807) is 13.0 Å². The van der Waals surface area contributed by atoms with Crippen molar-refractivity contribution in [1.82, 2.24) is 0 Å². The van der Waals surface area contributed by atoms with Crippen LogP contribution in [0.15, 0.2) is 10.5 Å². The minimum absolute atomic E-state index is 0.0517. The number of nitrogens with zero attached hydrogens (tertiary/aromatic N) is 1. The first-order valence-electron chi connectivity index (χ1n) is 5.83. The van der Waals surface area contributed by atoms with Gasteiger partial charge in [0.2, 0.25) is 0 Å². The fourth-order valence-electron chi connectivity index (χ4n) is 2.66. The molecule has 1 heterocycles. The van der Waals surface area contributed by atoms with Crippen molar-refractivity contribution in [1.29, 1.82) is 0 Å². The highest BCUT2D eigenvalue weighted by Gasteiger charge is 2.43. The number of rotatable bonds is 1. The molecule has 3 rings (SSSR count). The lowest BCUT2D eigenvalue weighted by Crippen LogP contribution is -2.34. The fourth-order valence-corrected chi connectivity index (χ4v) is 3.17. The van der Waals surface area contributed by atoms with Gasteiger partial charge in [-0.2, -0.15) is 0 Å². The molecule has 0 amide bonds. The van der Waals surface area contributed by atoms with Crippen molar-refractivity contribution in [2.45, 2.75) is 38.8 Å². The Labute approximate surface area is 108 Å². The first-order chi connectivity index (χ1) is 8.02. The summed E-state index contributed by atoms with van der Waals surface area (Å²) >= 11 is 3.22. The predicted octanol–water partition coefficient (Wildman–Crippen LogP) is 3.45. The van der Waals surface area contributed by atoms with Crippen LogP contribution in [0, 0.1) is 12.7 Å². The molecule has 2 nitrogen and oxygen atoms in total. The van der Waals surface area contributed by atoms with E-state index in [-0.39, 0.29) is 17.6 Å². The molecule has 0 bridgehead atoms. The van der Waals surface area contributed by atoms with Crippen molar-refractivity contribution < 1.29 is 9.18 Å². The molecular weight excluding hydrogens is 285 g/mol. The number of Topliss-reactive ketones (excluding diaryl/α,β-unsaturated/α-hetero) is 1. The standard InChI is InChI=1S/C13H13BrFNO/c1-6-11-10(5-9(14)12(6)15)16(8-3-4-8)7(2)13(11)17/h5,7-8H,3-4H2,1-2H3. The summed E-state index contributed by atoms with van der Waals surface area (Å²) in [7, 11) is 0. The first kappa shape index (κ1) is 11.2. The van der Waals surface area contributed by atoms with Gasteiger partial charge in [0, 0.05) is 11.6 Å². The summed E-state index contributed by atoms with van der Waals surface area (Å²) in [6.07, 6.45) is 2.26. The largest absolute Gasteiger partial charge is 0.358 e. The van der Waals surface area contributed by atoms with Crippen LogP contribution in [0.25, 0.3) is 0 Å². The summed E-state index contributed by atoms with van der Waals surface area (Å²) in [4.78, 5) is 14.3. The van der Waals surface area contributed by atoms with Crippen LogP contribution in [0.3, 0.4) is 0 Å². The van der Waals surface area contributed by atoms with E-state index in [0.717, 1.165) is 18.5 Å². The summed E-state index contributed by atoms with van der Waals surface area (Å²) < 4.78 is 14.3. The third kappa shape index (κ3) is 1.46. The van der Waals surface area contributed by atoms with Crippen LogP contribution in [-0.4, -0.2) is 17.9 Å². The van der Waals surface area contributed by atoms with E-state index in [9.17, 15) is 9.18 Å². The van der Waals surface area contributed by atoms with Crippen molar-refractivity contribution in [2.24, 2.45) is 0 Å². The first-order valence-corrected chi connectivity index (χ1v) is 6.62. The molecule has 1 aliphatic carbocycles. The lowest BCUT2D eigenvalue weighted by atomic mass is 10.0. The number of hydrogen-bond donors (Lipinski definition) is 0. The van der Waals surface area contributed by atoms with Gasteiger partial charge in [0.25, 0.3) is 0 Å². The van der Waals surface area contributed by atoms with Gasteiger partial charge in [-0.25, -0.2) is 4.39 Å². The van der Waals surface area contributed by atoms with Gasteiger partial charge in [0.15, 0.2) is 5.78 Å². The van der Waals surface area contributed by atoms with Crippen molar-refractivity contribution in [3.8, 4) is 0 Å². The van der Waals surface area contributed by atoms with Crippen molar-refractivity contribution >= 4 is 27.4 Å². The molecule has 1 fully saturated rings. The Bertz CT molecular complexity index is 525. The Morgan fingerprint density at radius 3 is 2.71 bits per heavy atom. The molecule has 90 valence electrons. The fraction of sp³-hybridized carbons (Fsp3) is 0.462. The second-order valence-corrected chi connectivity index (χ2v) is 5.72. The Balaban J connectivity index is 2.23. The monoisotopic (exact) mass is 297 g/mol. The zero-order chi connectivity index (χ0) is 12.3. The van der Waals surface area contributed by atoms with Gasteiger partial charge in [-0.15, -0.1) is 0 Å². The summed E-state index contributed by atoms with van der Waals surface area (Å²) in [5.41, 5.74) is 1.94. The number of carbonyl (C=O) groups excluding carboxylic acids is 1. The number of hydrogen-bond acceptors (Lipinski definition) is 2. The molecule has 1 aromatic carbocycles. The molecule has 1 saturated carbocycles. The average molecular weight is 298 g/mol. The second-order valence-electron chi connectivity index (χ2n) is 4.87. The van der Waals surface area contributed by atoms with E-state index in [2.05, 4.69) is 20.8 Å². The zero-order valence-electron chi connectivity index (χ0n) is 9.76. The van der Waals surface area contributed by atoms with Crippen molar-refractivity contribution in [3.05, 3.63) is 27.5 Å². The van der Waals surface area contributed by atoms with Gasteiger partial charge < -0.3 is 4.90 Å². The maximum Gasteiger partial charge on any atom is 0.187 e. The summed E-state index contributed by atoms with van der Waals surface area (Å²) in [5.74, 6) is -0.266. The van der Waals surface area contributed by atoms with E-state index in [4.69, 9.17) is 0 Å². The summed E-state index contributed by atoms with van der Waals surface area (Å²) in [6.45, 7) is 3.59. The molecule has 1 aliphatic heterocycles. The molecule has 0 spiro atoms. The van der Waals surface area contributed by atoms with Gasteiger partial charge >= 0.3 is 0 Å². The van der Waals surface area contributed by atoms with E-state index in [0.29, 0.717) is 21.6 Å². The van der Waals surface area contributed by atoms with E-state index in [1.165, 1.54) is 0 Å². The Morgan fingerprint density at radius 2 is 2.12 bits per heavy atom. The molecule has 1 atom stereocenters. The third-order valence-corrected chi connectivity index (χ3v) is 4.27. The Kier molecular flexibility index (Phi) is 2.34. The van der Waals surface area contributed by atoms with Gasteiger partial charge in [-0.3, -0.25) is 4.79 Å². The van der Waals surface area contributed by atoms with Crippen LogP contribution < -0.4 is 4.90 Å². The van der Waals surface area contributed by atoms with Gasteiger partial charge in [-0.05, 0) is 54.2 Å². The molecule has 0 saturated heterocycles. The van der Waals surface area contributed by atoms with Gasteiger partial charge in [0.1, 0.15) is 5.82 Å². The number of carbonyl (C=O) groups is 1. The van der Waals surface area contributed by atoms with E-state index >= 15 is 0 Å². The van der Waals surface area contributed by atoms with Crippen LogP contribution in [-0.2, 0) is 0 Å². The summed E-state index contributed by atoms with van der Waals surface area (Å²) in [5, 5.41) is 0. The van der Waals surface area contributed by atoms with Crippen LogP contribution in [0.5, 0.6) is 0 Å². The number of anilines is 1. The maximum absolute atomic E-state index is 13.8. The lowest BCUT2D eigenvalue weighted by molar-refractivity contribution is 0.0975. The van der Waals surface area contributed by atoms with Gasteiger partial charge in [-0.1, -0.05) is 0 Å². The molecule has 0 N–H and O–H groups in total. The SMILES string of the molecule is Cc1c(F)c(Br)cc2c1C(=O)C(C)N2C1CC1. The zero-order valence-corrected chi connectivity index (χ0v) is 11.3. The quantitative estimate of drug-likeness (QED) is 0.791. The minimum atomic E-state index is -0.318. The Hall–Kier alpha value is -0.900. The molecule has 17 heavy (non-hydrogen) atoms. The second kappa shape index (κ2) is 3.55. The number of ketones is 1. The van der Waals surface area contributed by atoms with E-state index in [1.807, 2.05) is 6.92 Å². The highest BCUT2D eigenvalue weighted by Crippen LogP contribution is 2.44. The number of fused-ring (bicyclic) bond motifs is 1. The smallest absolute Gasteiger partial charge is 0.187 e.